The molecular weight excluding hydrogens is 556 g/mol. The summed E-state index contributed by atoms with van der Waals surface area (Å²) in [5.41, 5.74) is -2.46. The van der Waals surface area contributed by atoms with Crippen LogP contribution in [-0.4, -0.2) is 69.3 Å². The van der Waals surface area contributed by atoms with E-state index < -0.39 is 54.8 Å². The fraction of sp³-hybridized carbons (Fsp3) is 0.500. The molecule has 6 nitrogen and oxygen atoms in total. The summed E-state index contributed by atoms with van der Waals surface area (Å²) in [6.45, 7) is 2.38. The molecule has 2 aromatic carbocycles. The first-order valence-corrected chi connectivity index (χ1v) is 13.5. The molecule has 2 saturated heterocycles. The Hall–Kier alpha value is -2.33. The second kappa shape index (κ2) is 10.9. The van der Waals surface area contributed by atoms with E-state index in [2.05, 4.69) is 0 Å². The number of carboxylic acids is 1. The number of nitrogens with zero attached hydrogens (tertiary/aromatic N) is 2. The lowest BCUT2D eigenvalue weighted by Crippen LogP contribution is -2.71. The molecule has 0 radical (unpaired) electrons. The van der Waals surface area contributed by atoms with Gasteiger partial charge in [0, 0.05) is 41.6 Å². The van der Waals surface area contributed by atoms with Gasteiger partial charge in [-0.05, 0) is 48.2 Å². The van der Waals surface area contributed by atoms with E-state index in [4.69, 9.17) is 23.2 Å². The molecule has 4 rings (SSSR count). The van der Waals surface area contributed by atoms with Gasteiger partial charge in [-0.1, -0.05) is 61.3 Å². The normalized spacial score (nSPS) is 26.3. The number of aliphatic carboxylic acids is 1. The van der Waals surface area contributed by atoms with E-state index in [0.29, 0.717) is 16.5 Å². The highest BCUT2D eigenvalue weighted by atomic mass is 35.5. The lowest BCUT2D eigenvalue weighted by atomic mass is 9.67. The lowest BCUT2D eigenvalue weighted by molar-refractivity contribution is -0.302. The summed E-state index contributed by atoms with van der Waals surface area (Å²) in [4.78, 5) is 29.3. The smallest absolute Gasteiger partial charge is 0.419 e. The monoisotopic (exact) mass is 586 g/mol. The highest BCUT2D eigenvalue weighted by Crippen LogP contribution is 2.52. The maximum Gasteiger partial charge on any atom is 0.419 e. The third kappa shape index (κ3) is 5.92. The average Bonchev–Trinajstić information content (AvgIpc) is 2.82. The van der Waals surface area contributed by atoms with Crippen molar-refractivity contribution in [2.24, 2.45) is 5.41 Å². The number of likely N-dealkylation sites (tertiary alicyclic amines) is 2. The van der Waals surface area contributed by atoms with Gasteiger partial charge in [0.25, 0.3) is 0 Å². The number of rotatable bonds is 8. The van der Waals surface area contributed by atoms with Gasteiger partial charge in [-0.2, -0.15) is 13.2 Å². The molecule has 2 heterocycles. The van der Waals surface area contributed by atoms with Crippen LogP contribution in [-0.2, 0) is 9.59 Å². The number of β-amino-alcohol motifs (C(OH)–C–C–N with tert-alkyl or cyclic N) is 1. The van der Waals surface area contributed by atoms with Crippen molar-refractivity contribution >= 4 is 35.1 Å². The maximum absolute atomic E-state index is 14.2. The summed E-state index contributed by atoms with van der Waals surface area (Å²) in [7, 11) is 0. The van der Waals surface area contributed by atoms with Crippen molar-refractivity contribution in [1.82, 2.24) is 9.80 Å². The number of hydrogen-bond donors (Lipinski definition) is 2. The zero-order valence-electron chi connectivity index (χ0n) is 21.6. The van der Waals surface area contributed by atoms with E-state index in [0.717, 1.165) is 11.1 Å². The van der Waals surface area contributed by atoms with Crippen molar-refractivity contribution in [1.29, 1.82) is 0 Å². The number of aliphatic hydroxyl groups is 1. The second-order valence-corrected chi connectivity index (χ2v) is 11.8. The van der Waals surface area contributed by atoms with Crippen LogP contribution in [0.15, 0.2) is 48.5 Å². The maximum atomic E-state index is 14.2. The zero-order valence-corrected chi connectivity index (χ0v) is 23.1. The number of benzene rings is 2. The summed E-state index contributed by atoms with van der Waals surface area (Å²) in [5.74, 6) is -1.85. The lowest BCUT2D eigenvalue weighted by Gasteiger charge is -2.54. The van der Waals surface area contributed by atoms with Crippen LogP contribution in [0.5, 0.6) is 0 Å². The number of amides is 1. The number of carboxylic acid groups (broad SMARTS) is 1. The quantitative estimate of drug-likeness (QED) is 0.401. The Labute approximate surface area is 235 Å². The number of halogens is 5. The molecule has 1 amide bonds. The molecule has 11 heteroatoms. The van der Waals surface area contributed by atoms with Crippen molar-refractivity contribution in [3.05, 3.63) is 69.7 Å². The molecular formula is C28H31Cl2F3N2O4. The Bertz CT molecular complexity index is 1220. The third-order valence-electron chi connectivity index (χ3n) is 7.96. The van der Waals surface area contributed by atoms with Gasteiger partial charge in [0.2, 0.25) is 5.91 Å². The van der Waals surface area contributed by atoms with E-state index in [-0.39, 0.29) is 24.8 Å². The van der Waals surface area contributed by atoms with Gasteiger partial charge in [0.15, 0.2) is 5.60 Å². The molecule has 0 saturated carbocycles. The summed E-state index contributed by atoms with van der Waals surface area (Å²) >= 11 is 12.5. The van der Waals surface area contributed by atoms with E-state index in [1.54, 1.807) is 42.2 Å². The number of carbonyl (C=O) groups excluding carboxylic acids is 1. The van der Waals surface area contributed by atoms with E-state index in [9.17, 15) is 33.0 Å². The van der Waals surface area contributed by atoms with Crippen molar-refractivity contribution in [2.75, 3.05) is 19.6 Å². The van der Waals surface area contributed by atoms with Gasteiger partial charge < -0.3 is 15.1 Å². The van der Waals surface area contributed by atoms with E-state index in [1.807, 2.05) is 25.1 Å². The highest BCUT2D eigenvalue weighted by molar-refractivity contribution is 6.30. The van der Waals surface area contributed by atoms with Crippen LogP contribution in [0.1, 0.15) is 56.2 Å². The first kappa shape index (κ1) is 29.6. The van der Waals surface area contributed by atoms with Gasteiger partial charge in [-0.25, -0.2) is 0 Å². The predicted molar refractivity (Wildman–Crippen MR) is 142 cm³/mol. The van der Waals surface area contributed by atoms with Crippen molar-refractivity contribution in [3.8, 4) is 0 Å². The van der Waals surface area contributed by atoms with Crippen LogP contribution >= 0.6 is 23.2 Å². The molecule has 2 N–H and O–H groups in total. The molecule has 0 bridgehead atoms. The zero-order chi connectivity index (χ0) is 28.8. The Morgan fingerprint density at radius 2 is 1.74 bits per heavy atom. The van der Waals surface area contributed by atoms with Crippen molar-refractivity contribution in [3.63, 3.8) is 0 Å². The topological polar surface area (TPSA) is 81.1 Å². The first-order chi connectivity index (χ1) is 18.2. The molecule has 2 aromatic rings. The van der Waals surface area contributed by atoms with E-state index >= 15 is 0 Å². The fourth-order valence-electron chi connectivity index (χ4n) is 5.99. The van der Waals surface area contributed by atoms with Gasteiger partial charge in [0.05, 0.1) is 17.9 Å². The Balaban J connectivity index is 1.79. The number of carbonyl (C=O) groups is 2. The van der Waals surface area contributed by atoms with Crippen LogP contribution in [0.3, 0.4) is 0 Å². The molecule has 0 aliphatic carbocycles. The second-order valence-electron chi connectivity index (χ2n) is 11.0. The van der Waals surface area contributed by atoms with Crippen molar-refractivity contribution < 1.29 is 33.0 Å². The summed E-state index contributed by atoms with van der Waals surface area (Å²) in [5, 5.41) is 20.7. The summed E-state index contributed by atoms with van der Waals surface area (Å²) < 4.78 is 39.9. The minimum absolute atomic E-state index is 0.0934. The highest BCUT2D eigenvalue weighted by Gasteiger charge is 2.61. The standard InChI is InChI=1S/C28H31Cl2F3N2O4/c1-3-21(14-34-15-27(39,16-34)28(31,32)33)35-24(17-7-9-19(29)10-8-17)22(18-5-4-6-20(30)11-18)12-26(2,25(35)38)13-23(36)37/h4-11,21-22,24,39H,3,12-16H2,1-2H3,(H,36,37). The Morgan fingerprint density at radius 3 is 2.28 bits per heavy atom. The molecule has 2 fully saturated rings. The number of piperidine rings is 1. The minimum Gasteiger partial charge on any atom is -0.481 e. The van der Waals surface area contributed by atoms with Crippen LogP contribution in [0, 0.1) is 5.41 Å². The Kier molecular flexibility index (Phi) is 8.30. The third-order valence-corrected chi connectivity index (χ3v) is 8.45. The van der Waals surface area contributed by atoms with Crippen molar-refractivity contribution in [2.45, 2.75) is 62.9 Å². The Morgan fingerprint density at radius 1 is 1.10 bits per heavy atom. The largest absolute Gasteiger partial charge is 0.481 e. The predicted octanol–water partition coefficient (Wildman–Crippen LogP) is 5.92. The molecule has 2 aliphatic heterocycles. The van der Waals surface area contributed by atoms with Gasteiger partial charge in [0.1, 0.15) is 0 Å². The molecule has 0 aromatic heterocycles. The first-order valence-electron chi connectivity index (χ1n) is 12.7. The molecule has 212 valence electrons. The van der Waals surface area contributed by atoms with Crippen LogP contribution < -0.4 is 0 Å². The molecule has 0 spiro atoms. The van der Waals surface area contributed by atoms with Crippen LogP contribution in [0.2, 0.25) is 10.0 Å². The average molecular weight is 587 g/mol. The van der Waals surface area contributed by atoms with Gasteiger partial charge in [-0.15, -0.1) is 0 Å². The van der Waals surface area contributed by atoms with Gasteiger partial charge >= 0.3 is 12.1 Å². The number of hydrogen-bond acceptors (Lipinski definition) is 4. The summed E-state index contributed by atoms with van der Waals surface area (Å²) in [6, 6.07) is 13.1. The molecule has 4 unspecified atom stereocenters. The van der Waals surface area contributed by atoms with Crippen LogP contribution in [0.25, 0.3) is 0 Å². The van der Waals surface area contributed by atoms with Crippen LogP contribution in [0.4, 0.5) is 13.2 Å². The molecule has 2 aliphatic rings. The molecule has 39 heavy (non-hydrogen) atoms. The van der Waals surface area contributed by atoms with Gasteiger partial charge in [-0.3, -0.25) is 14.5 Å². The number of alkyl halides is 3. The summed E-state index contributed by atoms with van der Waals surface area (Å²) in [6.07, 6.45) is -4.52. The van der Waals surface area contributed by atoms with E-state index in [1.165, 1.54) is 4.90 Å². The minimum atomic E-state index is -4.75. The SMILES string of the molecule is CCC(CN1CC(O)(C(F)(F)F)C1)N1C(=O)C(C)(CC(=O)O)CC(c2cccc(Cl)c2)C1c1ccc(Cl)cc1. The fourth-order valence-corrected chi connectivity index (χ4v) is 6.32. The molecule has 4 atom stereocenters.